The predicted octanol–water partition coefficient (Wildman–Crippen LogP) is 3.29. The first-order valence-electron chi connectivity index (χ1n) is 15.2. The summed E-state index contributed by atoms with van der Waals surface area (Å²) in [5.74, 6) is 0.298. The molecule has 0 aliphatic carbocycles. The number of hydrogen-bond acceptors (Lipinski definition) is 8. The molecule has 10 nitrogen and oxygen atoms in total. The largest absolute Gasteiger partial charge is 0.506 e. The molecule has 10 heteroatoms. The SMILES string of the molecule is CCN/C=C(\CN)c1cccc(CCOCCC(=O)N(CCNCCc2ccc(O)c3c2OCC(=O)N3)CC(C)(C)C)c1. The number of hydrogen-bond donors (Lipinski definition) is 5. The Morgan fingerprint density at radius 3 is 2.74 bits per heavy atom. The normalized spacial score (nSPS) is 13.2. The van der Waals surface area contributed by atoms with Gasteiger partial charge in [0.15, 0.2) is 12.4 Å². The minimum Gasteiger partial charge on any atom is -0.506 e. The Kier molecular flexibility index (Phi) is 13.3. The Balaban J connectivity index is 1.42. The number of amides is 2. The predicted molar refractivity (Wildman–Crippen MR) is 171 cm³/mol. The fourth-order valence-electron chi connectivity index (χ4n) is 4.86. The van der Waals surface area contributed by atoms with Crippen LogP contribution in [0.2, 0.25) is 0 Å². The maximum atomic E-state index is 13.1. The molecule has 0 spiro atoms. The van der Waals surface area contributed by atoms with Crippen LogP contribution in [0, 0.1) is 5.41 Å². The summed E-state index contributed by atoms with van der Waals surface area (Å²) in [4.78, 5) is 26.7. The van der Waals surface area contributed by atoms with Crippen LogP contribution >= 0.6 is 0 Å². The Morgan fingerprint density at radius 1 is 1.19 bits per heavy atom. The number of phenols is 1. The Morgan fingerprint density at radius 2 is 2.00 bits per heavy atom. The van der Waals surface area contributed by atoms with Gasteiger partial charge in [-0.1, -0.05) is 51.1 Å². The van der Waals surface area contributed by atoms with E-state index in [1.165, 1.54) is 5.56 Å². The smallest absolute Gasteiger partial charge is 0.262 e. The third kappa shape index (κ3) is 11.2. The van der Waals surface area contributed by atoms with Gasteiger partial charge in [0, 0.05) is 38.9 Å². The van der Waals surface area contributed by atoms with Gasteiger partial charge in [-0.25, -0.2) is 0 Å². The number of ether oxygens (including phenoxy) is 2. The van der Waals surface area contributed by atoms with Crippen molar-refractivity contribution in [3.63, 3.8) is 0 Å². The zero-order valence-corrected chi connectivity index (χ0v) is 26.1. The van der Waals surface area contributed by atoms with E-state index < -0.39 is 0 Å². The van der Waals surface area contributed by atoms with E-state index in [0.29, 0.717) is 70.2 Å². The summed E-state index contributed by atoms with van der Waals surface area (Å²) in [5.41, 5.74) is 10.5. The molecule has 2 amide bonds. The van der Waals surface area contributed by atoms with Crippen LogP contribution in [0.15, 0.2) is 42.6 Å². The molecule has 1 aliphatic rings. The molecule has 0 atom stereocenters. The lowest BCUT2D eigenvalue weighted by Gasteiger charge is -2.30. The average molecular weight is 596 g/mol. The maximum absolute atomic E-state index is 13.1. The van der Waals surface area contributed by atoms with Crippen molar-refractivity contribution < 1.29 is 24.2 Å². The quantitative estimate of drug-likeness (QED) is 0.139. The van der Waals surface area contributed by atoms with Gasteiger partial charge >= 0.3 is 0 Å². The second kappa shape index (κ2) is 16.9. The molecule has 0 radical (unpaired) electrons. The van der Waals surface area contributed by atoms with E-state index in [4.69, 9.17) is 15.2 Å². The molecule has 6 N–H and O–H groups in total. The monoisotopic (exact) mass is 595 g/mol. The third-order valence-electron chi connectivity index (χ3n) is 6.97. The summed E-state index contributed by atoms with van der Waals surface area (Å²) in [7, 11) is 0. The third-order valence-corrected chi connectivity index (χ3v) is 6.97. The van der Waals surface area contributed by atoms with Crippen molar-refractivity contribution in [2.45, 2.75) is 47.0 Å². The summed E-state index contributed by atoms with van der Waals surface area (Å²) in [6.45, 7) is 13.1. The van der Waals surface area contributed by atoms with E-state index in [9.17, 15) is 14.7 Å². The highest BCUT2D eigenvalue weighted by molar-refractivity contribution is 5.97. The van der Waals surface area contributed by atoms with Gasteiger partial charge in [-0.15, -0.1) is 0 Å². The Hall–Kier alpha value is -3.60. The number of nitrogens with two attached hydrogens (primary N) is 1. The summed E-state index contributed by atoms with van der Waals surface area (Å²) < 4.78 is 11.4. The fraction of sp³-hybridized carbons (Fsp3) is 0.515. The van der Waals surface area contributed by atoms with Gasteiger partial charge in [-0.2, -0.15) is 0 Å². The van der Waals surface area contributed by atoms with Crippen LogP contribution in [-0.4, -0.2) is 80.9 Å². The molecular weight excluding hydrogens is 546 g/mol. The van der Waals surface area contributed by atoms with E-state index in [2.05, 4.69) is 61.8 Å². The molecule has 1 aliphatic heterocycles. The van der Waals surface area contributed by atoms with Gasteiger partial charge in [0.1, 0.15) is 11.4 Å². The molecule has 2 aromatic rings. The van der Waals surface area contributed by atoms with Crippen molar-refractivity contribution in [3.05, 3.63) is 59.3 Å². The maximum Gasteiger partial charge on any atom is 0.262 e. The van der Waals surface area contributed by atoms with Crippen LogP contribution < -0.4 is 26.4 Å². The van der Waals surface area contributed by atoms with Crippen LogP contribution in [0.5, 0.6) is 11.5 Å². The van der Waals surface area contributed by atoms with Crippen molar-refractivity contribution in [2.75, 3.05) is 64.4 Å². The molecule has 0 bridgehead atoms. The molecule has 236 valence electrons. The second-order valence-corrected chi connectivity index (χ2v) is 11.9. The highest BCUT2D eigenvalue weighted by atomic mass is 16.5. The average Bonchev–Trinajstić information content (AvgIpc) is 2.97. The number of rotatable bonds is 17. The van der Waals surface area contributed by atoms with Crippen LogP contribution in [0.25, 0.3) is 5.57 Å². The first kappa shape index (κ1) is 33.9. The molecule has 3 rings (SSSR count). The van der Waals surface area contributed by atoms with Crippen molar-refractivity contribution in [2.24, 2.45) is 11.1 Å². The van der Waals surface area contributed by atoms with Gasteiger partial charge in [0.2, 0.25) is 5.91 Å². The van der Waals surface area contributed by atoms with Crippen LogP contribution in [-0.2, 0) is 27.2 Å². The number of phenolic OH excluding ortho intramolecular Hbond substituents is 1. The minimum absolute atomic E-state index is 0.0108. The first-order chi connectivity index (χ1) is 20.6. The number of fused-ring (bicyclic) bond motifs is 1. The van der Waals surface area contributed by atoms with Crippen molar-refractivity contribution in [1.82, 2.24) is 15.5 Å². The zero-order valence-electron chi connectivity index (χ0n) is 26.1. The number of nitrogens with zero attached hydrogens (tertiary/aromatic N) is 1. The fourth-order valence-corrected chi connectivity index (χ4v) is 4.86. The van der Waals surface area contributed by atoms with Gasteiger partial charge in [0.05, 0.1) is 19.6 Å². The van der Waals surface area contributed by atoms with Gasteiger partial charge < -0.3 is 41.2 Å². The summed E-state index contributed by atoms with van der Waals surface area (Å²) in [6, 6.07) is 11.7. The van der Waals surface area contributed by atoms with Gasteiger partial charge in [0.25, 0.3) is 5.91 Å². The van der Waals surface area contributed by atoms with E-state index >= 15 is 0 Å². The number of aromatic hydroxyl groups is 1. The number of carbonyl (C=O) groups is 2. The van der Waals surface area contributed by atoms with Gasteiger partial charge in [-0.05, 0) is 60.1 Å². The van der Waals surface area contributed by atoms with E-state index in [1.807, 2.05) is 17.2 Å². The molecule has 1 heterocycles. The van der Waals surface area contributed by atoms with Crippen LogP contribution in [0.3, 0.4) is 0 Å². The second-order valence-electron chi connectivity index (χ2n) is 11.9. The van der Waals surface area contributed by atoms with Gasteiger partial charge in [-0.3, -0.25) is 9.59 Å². The molecule has 43 heavy (non-hydrogen) atoms. The Bertz CT molecular complexity index is 1240. The number of anilines is 1. The van der Waals surface area contributed by atoms with Crippen LogP contribution in [0.1, 0.15) is 50.8 Å². The highest BCUT2D eigenvalue weighted by Crippen LogP contribution is 2.39. The number of nitrogens with one attached hydrogen (secondary N) is 3. The first-order valence-corrected chi connectivity index (χ1v) is 15.2. The minimum atomic E-state index is -0.285. The molecule has 0 saturated heterocycles. The molecule has 0 saturated carbocycles. The topological polar surface area (TPSA) is 138 Å². The summed E-state index contributed by atoms with van der Waals surface area (Å²) in [6.07, 6.45) is 3.72. The molecule has 0 aromatic heterocycles. The molecule has 0 fully saturated rings. The Labute approximate surface area is 256 Å². The van der Waals surface area contributed by atoms with Crippen molar-refractivity contribution in [3.8, 4) is 11.5 Å². The standard InChI is InChI=1S/C33H49N5O5/c1-5-35-21-27(20-34)26-8-6-7-24(19-26)12-17-42-18-13-30(41)38(23-33(2,3)4)16-15-36-14-11-25-9-10-28(39)31-32(25)43-22-29(40)37-31/h6-10,19,21,35-36,39H,5,11-18,20,22-23,34H2,1-4H3,(H,37,40)/b27-21+. The zero-order chi connectivity index (χ0) is 31.2. The van der Waals surface area contributed by atoms with E-state index in [1.54, 1.807) is 12.1 Å². The lowest BCUT2D eigenvalue weighted by atomic mass is 9.96. The van der Waals surface area contributed by atoms with Crippen LogP contribution in [0.4, 0.5) is 5.69 Å². The van der Waals surface area contributed by atoms with E-state index in [0.717, 1.165) is 29.7 Å². The lowest BCUT2D eigenvalue weighted by molar-refractivity contribution is -0.133. The highest BCUT2D eigenvalue weighted by Gasteiger charge is 2.23. The lowest BCUT2D eigenvalue weighted by Crippen LogP contribution is -2.42. The number of benzene rings is 2. The summed E-state index contributed by atoms with van der Waals surface area (Å²) in [5, 5.41) is 19.4. The van der Waals surface area contributed by atoms with Crippen molar-refractivity contribution >= 4 is 23.1 Å². The summed E-state index contributed by atoms with van der Waals surface area (Å²) >= 11 is 0. The van der Waals surface area contributed by atoms with Crippen molar-refractivity contribution in [1.29, 1.82) is 0 Å². The molecular formula is C33H49N5O5. The van der Waals surface area contributed by atoms with E-state index in [-0.39, 0.29) is 29.6 Å². The molecule has 2 aromatic carbocycles. The number of carbonyl (C=O) groups excluding carboxylic acids is 2. The molecule has 0 unspecified atom stereocenters.